The van der Waals surface area contributed by atoms with E-state index in [0.717, 1.165) is 15.8 Å². The summed E-state index contributed by atoms with van der Waals surface area (Å²) in [6.45, 7) is 0. The van der Waals surface area contributed by atoms with E-state index < -0.39 is 0 Å². The average Bonchev–Trinajstić information content (AvgIpc) is 2.34. The molecule has 0 bridgehead atoms. The number of azo groups is 1. The third-order valence-electron chi connectivity index (χ3n) is 1.38. The van der Waals surface area contributed by atoms with Crippen LogP contribution in [0.4, 0.5) is 5.69 Å². The van der Waals surface area contributed by atoms with Gasteiger partial charge >= 0.3 is 65.9 Å². The minimum absolute atomic E-state index is 0.885. The van der Waals surface area contributed by atoms with Gasteiger partial charge in [-0.15, -0.1) is 0 Å². The van der Waals surface area contributed by atoms with Gasteiger partial charge in [0.15, 0.2) is 0 Å². The van der Waals surface area contributed by atoms with E-state index in [4.69, 9.17) is 0 Å². The average molecular weight is 195 g/mol. The maximum atomic E-state index is 3.94. The van der Waals surface area contributed by atoms with Gasteiger partial charge in [0.2, 0.25) is 0 Å². The van der Waals surface area contributed by atoms with Crippen LogP contribution in [0.3, 0.4) is 0 Å². The fraction of sp³-hybridized carbons (Fsp3) is 0. The molecule has 1 aromatic carbocycles. The van der Waals surface area contributed by atoms with Crippen LogP contribution in [0.25, 0.3) is 0 Å². The summed E-state index contributed by atoms with van der Waals surface area (Å²) < 4.78 is 0.885. The zero-order valence-corrected chi connectivity index (χ0v) is 6.83. The molecule has 0 unspecified atom stereocenters. The van der Waals surface area contributed by atoms with E-state index in [2.05, 4.69) is 25.8 Å². The predicted octanol–water partition coefficient (Wildman–Crippen LogP) is 1.43. The molecule has 1 aliphatic rings. The third kappa shape index (κ3) is 0.753. The van der Waals surface area contributed by atoms with Gasteiger partial charge in [-0.3, -0.25) is 0 Å². The molecule has 0 aliphatic carbocycles. The first-order chi connectivity index (χ1) is 4.88. The summed E-state index contributed by atoms with van der Waals surface area (Å²) in [5.41, 5.74) is 2.05. The van der Waals surface area contributed by atoms with Crippen molar-refractivity contribution < 1.29 is 0 Å². The molecule has 0 saturated carbocycles. The fourth-order valence-electron chi connectivity index (χ4n) is 0.895. The van der Waals surface area contributed by atoms with Crippen LogP contribution in [0.2, 0.25) is 0 Å². The summed E-state index contributed by atoms with van der Waals surface area (Å²) in [5.74, 6) is 0. The van der Waals surface area contributed by atoms with Gasteiger partial charge in [0.05, 0.1) is 0 Å². The van der Waals surface area contributed by atoms with Crippen LogP contribution in [-0.2, 0) is 0 Å². The second kappa shape index (κ2) is 2.11. The molecule has 3 heteroatoms. The number of hydrogen-bond donors (Lipinski definition) is 0. The van der Waals surface area contributed by atoms with Crippen molar-refractivity contribution in [3.05, 3.63) is 29.8 Å². The number of rotatable bonds is 0. The molecule has 2 rings (SSSR count). The van der Waals surface area contributed by atoms with Crippen molar-refractivity contribution >= 4 is 25.8 Å². The zero-order chi connectivity index (χ0) is 6.97. The summed E-state index contributed by atoms with van der Waals surface area (Å²) in [6, 6.07) is 7.88. The van der Waals surface area contributed by atoms with E-state index in [-0.39, 0.29) is 0 Å². The molecule has 0 radical (unpaired) electrons. The Balaban J connectivity index is 2.70. The Morgan fingerprint density at radius 3 is 2.70 bits per heavy atom. The Morgan fingerprint density at radius 1 is 1.10 bits per heavy atom. The third-order valence-corrected chi connectivity index (χ3v) is 2.02. The molecule has 1 aliphatic heterocycles. The molecule has 0 fully saturated rings. The Morgan fingerprint density at radius 2 is 1.90 bits per heavy atom. The van der Waals surface area contributed by atoms with Gasteiger partial charge in [0.25, 0.3) is 0 Å². The Labute approximate surface area is 66.3 Å². The van der Waals surface area contributed by atoms with Crippen LogP contribution in [0.15, 0.2) is 34.5 Å². The van der Waals surface area contributed by atoms with Gasteiger partial charge < -0.3 is 0 Å². The van der Waals surface area contributed by atoms with E-state index in [1.165, 1.54) is 0 Å². The minimum atomic E-state index is 0.885. The topological polar surface area (TPSA) is 24.7 Å². The van der Waals surface area contributed by atoms with Crippen LogP contribution in [0.5, 0.6) is 0 Å². The first-order valence-electron chi connectivity index (χ1n) is 2.93. The molecule has 48 valence electrons. The second-order valence-electron chi connectivity index (χ2n) is 2.02. The van der Waals surface area contributed by atoms with Gasteiger partial charge in [0.1, 0.15) is 0 Å². The number of nitrogens with zero attached hydrogens (tertiary/aromatic N) is 2. The van der Waals surface area contributed by atoms with Crippen molar-refractivity contribution in [1.29, 1.82) is 0 Å². The number of benzene rings is 1. The second-order valence-corrected chi connectivity index (χ2v) is 2.83. The first-order valence-corrected chi connectivity index (χ1v) is 3.79. The fourth-order valence-corrected chi connectivity index (χ4v) is 1.34. The van der Waals surface area contributed by atoms with Gasteiger partial charge in [-0.1, -0.05) is 0 Å². The zero-order valence-electron chi connectivity index (χ0n) is 5.11. The number of hydrogen-bond acceptors (Lipinski definition) is 2. The van der Waals surface area contributed by atoms with E-state index in [0.29, 0.717) is 0 Å². The number of fused-ring (bicyclic) bond motifs is 1. The van der Waals surface area contributed by atoms with Crippen molar-refractivity contribution in [2.75, 3.05) is 0 Å². The molecule has 1 aromatic rings. The SMILES string of the molecule is [Se]=C1N=Nc2ccccc21. The van der Waals surface area contributed by atoms with E-state index >= 15 is 0 Å². The van der Waals surface area contributed by atoms with Crippen molar-refractivity contribution in [3.63, 3.8) is 0 Å². The molecule has 0 amide bonds. The summed E-state index contributed by atoms with van der Waals surface area (Å²) in [6.07, 6.45) is 0. The van der Waals surface area contributed by atoms with E-state index in [9.17, 15) is 0 Å². The van der Waals surface area contributed by atoms with Crippen LogP contribution in [-0.4, -0.2) is 20.1 Å². The van der Waals surface area contributed by atoms with Crippen molar-refractivity contribution in [1.82, 2.24) is 0 Å². The van der Waals surface area contributed by atoms with Crippen molar-refractivity contribution in [3.8, 4) is 0 Å². The maximum absolute atomic E-state index is 3.94. The monoisotopic (exact) mass is 196 g/mol. The van der Waals surface area contributed by atoms with Crippen molar-refractivity contribution in [2.45, 2.75) is 0 Å². The molecular weight excluding hydrogens is 191 g/mol. The quantitative estimate of drug-likeness (QED) is 0.559. The summed E-state index contributed by atoms with van der Waals surface area (Å²) in [7, 11) is 0. The normalized spacial score (nSPS) is 13.8. The van der Waals surface area contributed by atoms with Crippen LogP contribution in [0, 0.1) is 0 Å². The molecule has 0 aromatic heterocycles. The van der Waals surface area contributed by atoms with Crippen LogP contribution >= 0.6 is 0 Å². The van der Waals surface area contributed by atoms with Gasteiger partial charge in [0, 0.05) is 0 Å². The summed E-state index contributed by atoms with van der Waals surface area (Å²) in [5, 5.41) is 7.83. The predicted molar refractivity (Wildman–Crippen MR) is 40.8 cm³/mol. The van der Waals surface area contributed by atoms with E-state index in [1.54, 1.807) is 0 Å². The van der Waals surface area contributed by atoms with Crippen LogP contribution in [0.1, 0.15) is 5.56 Å². The molecular formula is C7H4N2Se. The molecule has 10 heavy (non-hydrogen) atoms. The summed E-state index contributed by atoms with van der Waals surface area (Å²) >= 11 is 2.85. The van der Waals surface area contributed by atoms with Gasteiger partial charge in [-0.25, -0.2) is 0 Å². The molecule has 0 atom stereocenters. The van der Waals surface area contributed by atoms with Crippen molar-refractivity contribution in [2.24, 2.45) is 10.2 Å². The van der Waals surface area contributed by atoms with E-state index in [1.807, 2.05) is 24.3 Å². The Bertz CT molecular complexity index is 317. The molecule has 2 nitrogen and oxygen atoms in total. The molecule has 1 heterocycles. The molecule has 0 saturated heterocycles. The summed E-state index contributed by atoms with van der Waals surface area (Å²) in [4.78, 5) is 0. The Hall–Kier alpha value is -0.791. The van der Waals surface area contributed by atoms with Gasteiger partial charge in [-0.05, 0) is 0 Å². The Kier molecular flexibility index (Phi) is 1.26. The van der Waals surface area contributed by atoms with Crippen LogP contribution < -0.4 is 0 Å². The first kappa shape index (κ1) is 5.95. The van der Waals surface area contributed by atoms with Gasteiger partial charge in [-0.2, -0.15) is 0 Å². The standard InChI is InChI=1S/C7H4N2Se/c10-7-5-3-1-2-4-6(5)8-9-7/h1-4H. The molecule has 0 N–H and O–H groups in total. The molecule has 0 spiro atoms.